The molecule has 0 aliphatic heterocycles. The fourth-order valence-electron chi connectivity index (χ4n) is 2.52. The molecule has 0 spiro atoms. The molecule has 0 saturated carbocycles. The number of hydrogen-bond acceptors (Lipinski definition) is 3. The van der Waals surface area contributed by atoms with Gasteiger partial charge < -0.3 is 14.8 Å². The van der Waals surface area contributed by atoms with Gasteiger partial charge in [0.25, 0.3) is 0 Å². The molecular weight excluding hydrogens is 286 g/mol. The van der Waals surface area contributed by atoms with Crippen molar-refractivity contribution in [3.8, 4) is 5.75 Å². The monoisotopic (exact) mass is 307 g/mol. The van der Waals surface area contributed by atoms with E-state index in [0.29, 0.717) is 13.2 Å². The molecule has 0 bridgehead atoms. The van der Waals surface area contributed by atoms with Gasteiger partial charge in [0.05, 0.1) is 6.61 Å². The zero-order valence-corrected chi connectivity index (χ0v) is 13.3. The van der Waals surface area contributed by atoms with E-state index in [9.17, 15) is 0 Å². The van der Waals surface area contributed by atoms with Crippen LogP contribution in [0.3, 0.4) is 0 Å². The van der Waals surface area contributed by atoms with E-state index >= 15 is 0 Å². The Morgan fingerprint density at radius 1 is 0.826 bits per heavy atom. The van der Waals surface area contributed by atoms with Crippen molar-refractivity contribution in [2.45, 2.75) is 6.54 Å². The van der Waals surface area contributed by atoms with Crippen LogP contribution in [0.15, 0.2) is 66.7 Å². The fourth-order valence-corrected chi connectivity index (χ4v) is 2.52. The molecule has 0 saturated heterocycles. The Labute approximate surface area is 136 Å². The Morgan fingerprint density at radius 2 is 1.61 bits per heavy atom. The van der Waals surface area contributed by atoms with E-state index in [0.717, 1.165) is 18.0 Å². The summed E-state index contributed by atoms with van der Waals surface area (Å²) in [4.78, 5) is 0. The highest BCUT2D eigenvalue weighted by Crippen LogP contribution is 2.23. The maximum absolute atomic E-state index is 5.58. The third kappa shape index (κ3) is 4.02. The fraction of sp³-hybridized carbons (Fsp3) is 0.200. The largest absolute Gasteiger partial charge is 0.491 e. The predicted octanol–water partition coefficient (Wildman–Crippen LogP) is 4.48. The zero-order valence-electron chi connectivity index (χ0n) is 13.3. The number of methoxy groups -OCH3 is 1. The number of benzene rings is 3. The van der Waals surface area contributed by atoms with Gasteiger partial charge in [0.2, 0.25) is 0 Å². The van der Waals surface area contributed by atoms with Gasteiger partial charge in [-0.2, -0.15) is 0 Å². The van der Waals surface area contributed by atoms with Crippen LogP contribution in [0.4, 0.5) is 5.69 Å². The van der Waals surface area contributed by atoms with E-state index in [1.165, 1.54) is 16.3 Å². The lowest BCUT2D eigenvalue weighted by Crippen LogP contribution is -2.04. The van der Waals surface area contributed by atoms with Gasteiger partial charge in [-0.1, -0.05) is 48.5 Å². The highest BCUT2D eigenvalue weighted by molar-refractivity contribution is 5.93. The average molecular weight is 307 g/mol. The Balaban J connectivity index is 1.63. The second-order valence-electron chi connectivity index (χ2n) is 5.37. The molecule has 0 heterocycles. The average Bonchev–Trinajstić information content (AvgIpc) is 2.61. The normalized spacial score (nSPS) is 10.7. The molecule has 0 aliphatic carbocycles. The van der Waals surface area contributed by atoms with E-state index in [4.69, 9.17) is 9.47 Å². The molecule has 0 atom stereocenters. The molecule has 3 aromatic rings. The molecule has 0 unspecified atom stereocenters. The lowest BCUT2D eigenvalue weighted by atomic mass is 10.1. The maximum atomic E-state index is 5.58. The summed E-state index contributed by atoms with van der Waals surface area (Å²) in [6.45, 7) is 1.96. The summed E-state index contributed by atoms with van der Waals surface area (Å²) in [5, 5.41) is 6.01. The Morgan fingerprint density at radius 3 is 2.43 bits per heavy atom. The molecule has 0 radical (unpaired) electrons. The van der Waals surface area contributed by atoms with Gasteiger partial charge in [-0.15, -0.1) is 0 Å². The second kappa shape index (κ2) is 7.65. The molecule has 3 aromatic carbocycles. The lowest BCUT2D eigenvalue weighted by molar-refractivity contribution is 0.146. The predicted molar refractivity (Wildman–Crippen MR) is 95.1 cm³/mol. The molecule has 0 aromatic heterocycles. The van der Waals surface area contributed by atoms with Crippen LogP contribution >= 0.6 is 0 Å². The minimum Gasteiger partial charge on any atom is -0.491 e. The van der Waals surface area contributed by atoms with Gasteiger partial charge in [0.15, 0.2) is 0 Å². The van der Waals surface area contributed by atoms with Crippen molar-refractivity contribution in [3.05, 3.63) is 72.3 Å². The summed E-state index contributed by atoms with van der Waals surface area (Å²) >= 11 is 0. The first-order valence-electron chi connectivity index (χ1n) is 7.79. The topological polar surface area (TPSA) is 30.5 Å². The standard InChI is InChI=1S/C20H21NO2/c1-22-13-14-23-18-11-9-16(10-12-18)15-21-20-8-4-6-17-5-2-3-7-19(17)20/h2-12,21H,13-15H2,1H3. The molecule has 3 heteroatoms. The number of fused-ring (bicyclic) bond motifs is 1. The summed E-state index contributed by atoms with van der Waals surface area (Å²) in [7, 11) is 1.67. The van der Waals surface area contributed by atoms with Gasteiger partial charge in [0.1, 0.15) is 12.4 Å². The quantitative estimate of drug-likeness (QED) is 0.653. The maximum Gasteiger partial charge on any atom is 0.119 e. The van der Waals surface area contributed by atoms with E-state index in [1.54, 1.807) is 7.11 Å². The van der Waals surface area contributed by atoms with Crippen molar-refractivity contribution in [1.82, 2.24) is 0 Å². The molecule has 1 N–H and O–H groups in total. The number of rotatable bonds is 7. The van der Waals surface area contributed by atoms with Crippen LogP contribution in [0, 0.1) is 0 Å². The molecule has 3 rings (SSSR count). The summed E-state index contributed by atoms with van der Waals surface area (Å²) < 4.78 is 10.6. The highest BCUT2D eigenvalue weighted by atomic mass is 16.5. The highest BCUT2D eigenvalue weighted by Gasteiger charge is 2.00. The second-order valence-corrected chi connectivity index (χ2v) is 5.37. The molecule has 3 nitrogen and oxygen atoms in total. The summed E-state index contributed by atoms with van der Waals surface area (Å²) in [5.74, 6) is 0.871. The SMILES string of the molecule is COCCOc1ccc(CNc2cccc3ccccc23)cc1. The molecule has 0 amide bonds. The first-order valence-corrected chi connectivity index (χ1v) is 7.79. The first-order chi connectivity index (χ1) is 11.4. The zero-order chi connectivity index (χ0) is 15.9. The molecule has 0 fully saturated rings. The van der Waals surface area contributed by atoms with Crippen LogP contribution in [0.5, 0.6) is 5.75 Å². The van der Waals surface area contributed by atoms with E-state index in [2.05, 4.69) is 59.9 Å². The van der Waals surface area contributed by atoms with E-state index in [-0.39, 0.29) is 0 Å². The van der Waals surface area contributed by atoms with Gasteiger partial charge in [0, 0.05) is 24.7 Å². The molecule has 0 aliphatic rings. The minimum absolute atomic E-state index is 0.574. The van der Waals surface area contributed by atoms with Crippen molar-refractivity contribution in [2.75, 3.05) is 25.6 Å². The third-order valence-electron chi connectivity index (χ3n) is 3.75. The number of anilines is 1. The van der Waals surface area contributed by atoms with Crippen LogP contribution in [-0.2, 0) is 11.3 Å². The first kappa shape index (κ1) is 15.4. The van der Waals surface area contributed by atoms with Crippen LogP contribution in [0.1, 0.15) is 5.56 Å². The number of hydrogen-bond donors (Lipinski definition) is 1. The van der Waals surface area contributed by atoms with Gasteiger partial charge in [-0.05, 0) is 29.1 Å². The van der Waals surface area contributed by atoms with E-state index < -0.39 is 0 Å². The van der Waals surface area contributed by atoms with Crippen LogP contribution in [0.2, 0.25) is 0 Å². The van der Waals surface area contributed by atoms with Crippen LogP contribution < -0.4 is 10.1 Å². The Kier molecular flexibility index (Phi) is 5.12. The van der Waals surface area contributed by atoms with Gasteiger partial charge in [-0.25, -0.2) is 0 Å². The summed E-state index contributed by atoms with van der Waals surface area (Å²) in [6.07, 6.45) is 0. The number of ether oxygens (including phenoxy) is 2. The van der Waals surface area contributed by atoms with Crippen LogP contribution in [0.25, 0.3) is 10.8 Å². The van der Waals surface area contributed by atoms with Crippen molar-refractivity contribution in [1.29, 1.82) is 0 Å². The van der Waals surface area contributed by atoms with Crippen molar-refractivity contribution < 1.29 is 9.47 Å². The van der Waals surface area contributed by atoms with Crippen molar-refractivity contribution in [2.24, 2.45) is 0 Å². The van der Waals surface area contributed by atoms with Crippen LogP contribution in [-0.4, -0.2) is 20.3 Å². The van der Waals surface area contributed by atoms with Crippen molar-refractivity contribution >= 4 is 16.5 Å². The minimum atomic E-state index is 0.574. The number of nitrogens with one attached hydrogen (secondary N) is 1. The summed E-state index contributed by atoms with van der Waals surface area (Å²) in [6, 6.07) is 22.9. The molecular formula is C20H21NO2. The van der Waals surface area contributed by atoms with E-state index in [1.807, 2.05) is 12.1 Å². The third-order valence-corrected chi connectivity index (χ3v) is 3.75. The molecule has 118 valence electrons. The lowest BCUT2D eigenvalue weighted by Gasteiger charge is -2.11. The summed E-state index contributed by atoms with van der Waals surface area (Å²) in [5.41, 5.74) is 2.38. The van der Waals surface area contributed by atoms with Gasteiger partial charge in [-0.3, -0.25) is 0 Å². The van der Waals surface area contributed by atoms with Crippen molar-refractivity contribution in [3.63, 3.8) is 0 Å². The smallest absolute Gasteiger partial charge is 0.119 e. The Hall–Kier alpha value is -2.52. The van der Waals surface area contributed by atoms with Gasteiger partial charge >= 0.3 is 0 Å². The molecule has 23 heavy (non-hydrogen) atoms. The Bertz CT molecular complexity index is 748.